The van der Waals surface area contributed by atoms with E-state index in [2.05, 4.69) is 29.2 Å². The maximum Gasteiger partial charge on any atom is 0.133 e. The Morgan fingerprint density at radius 3 is 2.85 bits per heavy atom. The number of hydrogen-bond donors (Lipinski definition) is 1. The fourth-order valence-electron chi connectivity index (χ4n) is 0.908. The molecule has 0 amide bonds. The van der Waals surface area contributed by atoms with Crippen LogP contribution in [0.4, 0.5) is 0 Å². The molecule has 1 N–H and O–H groups in total. The van der Waals surface area contributed by atoms with E-state index in [0.29, 0.717) is 6.61 Å². The highest BCUT2D eigenvalue weighted by molar-refractivity contribution is 14.1. The van der Waals surface area contributed by atoms with Gasteiger partial charge in [-0.3, -0.25) is 0 Å². The topological polar surface area (TPSA) is 29.5 Å². The summed E-state index contributed by atoms with van der Waals surface area (Å²) in [5, 5.41) is 8.87. The Hall–Kier alpha value is -0.550. The number of rotatable bonds is 4. The van der Waals surface area contributed by atoms with Crippen molar-refractivity contribution in [1.29, 1.82) is 0 Å². The summed E-state index contributed by atoms with van der Waals surface area (Å²) in [6.07, 6.45) is 1.70. The van der Waals surface area contributed by atoms with Crippen molar-refractivity contribution in [3.8, 4) is 5.75 Å². The second-order valence-electron chi connectivity index (χ2n) is 2.52. The number of ether oxygens (including phenoxy) is 1. The molecule has 0 aliphatic carbocycles. The van der Waals surface area contributed by atoms with Gasteiger partial charge in [0, 0.05) is 0 Å². The lowest BCUT2D eigenvalue weighted by Gasteiger charge is -2.06. The molecule has 0 spiro atoms. The fraction of sp³-hybridized carbons (Fsp3) is 0.200. The molecule has 0 bridgehead atoms. The van der Waals surface area contributed by atoms with Crippen LogP contribution < -0.4 is 4.74 Å². The van der Waals surface area contributed by atoms with Crippen LogP contribution in [0.1, 0.15) is 5.56 Å². The smallest absolute Gasteiger partial charge is 0.133 e. The third-order valence-corrected chi connectivity index (χ3v) is 2.38. The van der Waals surface area contributed by atoms with Crippen molar-refractivity contribution < 1.29 is 9.84 Å². The van der Waals surface area contributed by atoms with E-state index in [9.17, 15) is 0 Å². The van der Waals surface area contributed by atoms with Crippen LogP contribution in [0.2, 0.25) is 0 Å². The lowest BCUT2D eigenvalue weighted by molar-refractivity contribution is 0.281. The monoisotopic (exact) mass is 290 g/mol. The first-order valence-electron chi connectivity index (χ1n) is 3.91. The van der Waals surface area contributed by atoms with Gasteiger partial charge in [0.25, 0.3) is 0 Å². The molecule has 3 heteroatoms. The summed E-state index contributed by atoms with van der Waals surface area (Å²) in [5.74, 6) is 0.831. The molecule has 0 heterocycles. The van der Waals surface area contributed by atoms with Crippen molar-refractivity contribution in [2.24, 2.45) is 0 Å². The highest BCUT2D eigenvalue weighted by atomic mass is 127. The van der Waals surface area contributed by atoms with Crippen molar-refractivity contribution in [3.63, 3.8) is 0 Å². The Kier molecular flexibility index (Phi) is 4.24. The van der Waals surface area contributed by atoms with Gasteiger partial charge in [-0.2, -0.15) is 0 Å². The molecule has 1 rings (SSSR count). The highest BCUT2D eigenvalue weighted by Crippen LogP contribution is 2.21. The first-order chi connectivity index (χ1) is 6.27. The van der Waals surface area contributed by atoms with Crippen molar-refractivity contribution >= 4 is 22.6 Å². The van der Waals surface area contributed by atoms with Crippen LogP contribution in [0.25, 0.3) is 0 Å². The molecule has 0 fully saturated rings. The molecular formula is C10H11IO2. The van der Waals surface area contributed by atoms with Gasteiger partial charge >= 0.3 is 0 Å². The minimum Gasteiger partial charge on any atom is -0.488 e. The van der Waals surface area contributed by atoms with E-state index in [0.717, 1.165) is 14.9 Å². The fourth-order valence-corrected chi connectivity index (χ4v) is 1.64. The van der Waals surface area contributed by atoms with Crippen molar-refractivity contribution in [2.75, 3.05) is 6.61 Å². The van der Waals surface area contributed by atoms with E-state index in [1.54, 1.807) is 6.08 Å². The molecule has 70 valence electrons. The lowest BCUT2D eigenvalue weighted by Crippen LogP contribution is -1.95. The zero-order chi connectivity index (χ0) is 9.68. The Morgan fingerprint density at radius 1 is 1.54 bits per heavy atom. The Bertz CT molecular complexity index is 297. The highest BCUT2D eigenvalue weighted by Gasteiger charge is 2.00. The Labute approximate surface area is 91.4 Å². The van der Waals surface area contributed by atoms with Gasteiger partial charge in [-0.25, -0.2) is 0 Å². The minimum absolute atomic E-state index is 0.0672. The lowest BCUT2D eigenvalue weighted by atomic mass is 10.2. The summed E-state index contributed by atoms with van der Waals surface area (Å²) in [6, 6.07) is 5.61. The van der Waals surface area contributed by atoms with Crippen LogP contribution in [0.5, 0.6) is 5.75 Å². The zero-order valence-electron chi connectivity index (χ0n) is 7.16. The summed E-state index contributed by atoms with van der Waals surface area (Å²) < 4.78 is 6.38. The predicted molar refractivity (Wildman–Crippen MR) is 60.8 cm³/mol. The molecule has 0 aliphatic rings. The molecule has 0 aliphatic heterocycles. The largest absolute Gasteiger partial charge is 0.488 e. The molecule has 0 atom stereocenters. The van der Waals surface area contributed by atoms with Gasteiger partial charge in [0.15, 0.2) is 0 Å². The summed E-state index contributed by atoms with van der Waals surface area (Å²) in [4.78, 5) is 0. The predicted octanol–water partition coefficient (Wildman–Crippen LogP) is 2.35. The number of aliphatic hydroxyl groups is 1. The van der Waals surface area contributed by atoms with Crippen LogP contribution in [0, 0.1) is 3.57 Å². The molecule has 0 radical (unpaired) electrons. The van der Waals surface area contributed by atoms with Crippen LogP contribution in [-0.2, 0) is 6.61 Å². The maximum absolute atomic E-state index is 8.87. The molecule has 1 aromatic rings. The third kappa shape index (κ3) is 3.00. The first kappa shape index (κ1) is 10.5. The van der Waals surface area contributed by atoms with Gasteiger partial charge < -0.3 is 9.84 Å². The number of benzene rings is 1. The summed E-state index contributed by atoms with van der Waals surface area (Å²) >= 11 is 2.18. The maximum atomic E-state index is 8.87. The first-order valence-corrected chi connectivity index (χ1v) is 4.98. The Balaban J connectivity index is 2.78. The average molecular weight is 290 g/mol. The molecule has 0 saturated carbocycles. The van der Waals surface area contributed by atoms with Gasteiger partial charge in [-0.15, -0.1) is 0 Å². The van der Waals surface area contributed by atoms with E-state index in [-0.39, 0.29) is 6.61 Å². The van der Waals surface area contributed by atoms with E-state index in [1.807, 2.05) is 18.2 Å². The molecule has 0 unspecified atom stereocenters. The van der Waals surface area contributed by atoms with Crippen molar-refractivity contribution in [1.82, 2.24) is 0 Å². The van der Waals surface area contributed by atoms with E-state index < -0.39 is 0 Å². The normalized spacial score (nSPS) is 9.69. The van der Waals surface area contributed by atoms with E-state index in [4.69, 9.17) is 9.84 Å². The second-order valence-corrected chi connectivity index (χ2v) is 3.68. The standard InChI is InChI=1S/C10H11IO2/c1-2-5-13-10-4-3-8(7-12)6-9(10)11/h2-4,6,12H,1,5,7H2. The second kappa shape index (κ2) is 5.24. The van der Waals surface area contributed by atoms with Gasteiger partial charge in [0.2, 0.25) is 0 Å². The SMILES string of the molecule is C=CCOc1ccc(CO)cc1I. The van der Waals surface area contributed by atoms with Gasteiger partial charge in [-0.1, -0.05) is 18.7 Å². The third-order valence-electron chi connectivity index (χ3n) is 1.54. The summed E-state index contributed by atoms with van der Waals surface area (Å²) in [7, 11) is 0. The van der Waals surface area contributed by atoms with Crippen molar-refractivity contribution in [3.05, 3.63) is 40.0 Å². The van der Waals surface area contributed by atoms with Crippen LogP contribution in [0.3, 0.4) is 0 Å². The summed E-state index contributed by atoms with van der Waals surface area (Å²) in [6.45, 7) is 4.15. The number of halogens is 1. The van der Waals surface area contributed by atoms with Crippen LogP contribution >= 0.6 is 22.6 Å². The average Bonchev–Trinajstić information content (AvgIpc) is 2.16. The Morgan fingerprint density at radius 2 is 2.31 bits per heavy atom. The number of aliphatic hydroxyl groups excluding tert-OH is 1. The molecule has 0 saturated heterocycles. The molecule has 0 aromatic heterocycles. The summed E-state index contributed by atoms with van der Waals surface area (Å²) in [5.41, 5.74) is 0.898. The molecule has 1 aromatic carbocycles. The molecule has 13 heavy (non-hydrogen) atoms. The van der Waals surface area contributed by atoms with Gasteiger partial charge in [-0.05, 0) is 40.3 Å². The molecule has 2 nitrogen and oxygen atoms in total. The van der Waals surface area contributed by atoms with Crippen molar-refractivity contribution in [2.45, 2.75) is 6.61 Å². The number of hydrogen-bond acceptors (Lipinski definition) is 2. The van der Waals surface area contributed by atoms with Crippen LogP contribution in [-0.4, -0.2) is 11.7 Å². The van der Waals surface area contributed by atoms with E-state index in [1.165, 1.54) is 0 Å². The van der Waals surface area contributed by atoms with E-state index >= 15 is 0 Å². The van der Waals surface area contributed by atoms with Gasteiger partial charge in [0.1, 0.15) is 12.4 Å². The zero-order valence-corrected chi connectivity index (χ0v) is 9.32. The van der Waals surface area contributed by atoms with Gasteiger partial charge in [0.05, 0.1) is 10.2 Å². The minimum atomic E-state index is 0.0672. The molecular weight excluding hydrogens is 279 g/mol. The van der Waals surface area contributed by atoms with Crippen LogP contribution in [0.15, 0.2) is 30.9 Å². The quantitative estimate of drug-likeness (QED) is 0.681.